The quantitative estimate of drug-likeness (QED) is 0.479. The number of rotatable bonds is 0. The van der Waals surface area contributed by atoms with Gasteiger partial charge in [0.25, 0.3) is 0 Å². The van der Waals surface area contributed by atoms with Crippen LogP contribution in [0.5, 0.6) is 0 Å². The number of carbonyl (C=O) groups excluding carboxylic acids is 1. The SMILES string of the molecule is C=C1OC(=O)c2c(C#CC)sc(C)c21. The maximum absolute atomic E-state index is 11.4. The Morgan fingerprint density at radius 2 is 2.14 bits per heavy atom. The second-order valence-corrected chi connectivity index (χ2v) is 4.15. The van der Waals surface area contributed by atoms with E-state index in [0.29, 0.717) is 11.3 Å². The molecule has 1 aromatic heterocycles. The summed E-state index contributed by atoms with van der Waals surface area (Å²) in [6.07, 6.45) is 0. The highest BCUT2D eigenvalue weighted by Crippen LogP contribution is 2.38. The van der Waals surface area contributed by atoms with E-state index < -0.39 is 0 Å². The van der Waals surface area contributed by atoms with Crippen LogP contribution in [0.15, 0.2) is 6.58 Å². The summed E-state index contributed by atoms with van der Waals surface area (Å²) in [6.45, 7) is 7.38. The van der Waals surface area contributed by atoms with Gasteiger partial charge in [-0.3, -0.25) is 0 Å². The highest BCUT2D eigenvalue weighted by Gasteiger charge is 2.31. The number of thiophene rings is 1. The zero-order chi connectivity index (χ0) is 10.3. The molecule has 0 saturated heterocycles. The number of ether oxygens (including phenoxy) is 1. The molecule has 0 amide bonds. The molecule has 3 heteroatoms. The Kier molecular flexibility index (Phi) is 1.94. The molecule has 1 aromatic rings. The van der Waals surface area contributed by atoms with Gasteiger partial charge in [-0.15, -0.1) is 17.3 Å². The molecule has 0 bridgehead atoms. The minimum absolute atomic E-state index is 0.327. The number of hydrogen-bond acceptors (Lipinski definition) is 3. The third-order valence-corrected chi connectivity index (χ3v) is 3.04. The molecule has 0 aromatic carbocycles. The Balaban J connectivity index is 2.73. The van der Waals surface area contributed by atoms with Gasteiger partial charge in [-0.2, -0.15) is 0 Å². The molecule has 0 fully saturated rings. The molecule has 0 N–H and O–H groups in total. The van der Waals surface area contributed by atoms with Crippen LogP contribution in [0, 0.1) is 18.8 Å². The molecular formula is C11H8O2S. The lowest BCUT2D eigenvalue weighted by molar-refractivity contribution is 0.0716. The summed E-state index contributed by atoms with van der Waals surface area (Å²) >= 11 is 1.51. The Morgan fingerprint density at radius 1 is 1.43 bits per heavy atom. The maximum Gasteiger partial charge on any atom is 0.346 e. The smallest absolute Gasteiger partial charge is 0.346 e. The topological polar surface area (TPSA) is 26.3 Å². The van der Waals surface area contributed by atoms with Gasteiger partial charge in [0.05, 0.1) is 10.4 Å². The van der Waals surface area contributed by atoms with E-state index in [1.165, 1.54) is 11.3 Å². The van der Waals surface area contributed by atoms with Gasteiger partial charge >= 0.3 is 5.97 Å². The second kappa shape index (κ2) is 3.00. The number of fused-ring (bicyclic) bond motifs is 1. The Labute approximate surface area is 86.2 Å². The average Bonchev–Trinajstić information content (AvgIpc) is 2.56. The lowest BCUT2D eigenvalue weighted by Crippen LogP contribution is -1.94. The van der Waals surface area contributed by atoms with Crippen molar-refractivity contribution in [2.75, 3.05) is 0 Å². The molecule has 1 aliphatic heterocycles. The fourth-order valence-corrected chi connectivity index (χ4v) is 2.56. The van der Waals surface area contributed by atoms with Crippen LogP contribution in [0.25, 0.3) is 5.76 Å². The molecule has 2 rings (SSSR count). The van der Waals surface area contributed by atoms with Crippen molar-refractivity contribution >= 4 is 23.1 Å². The van der Waals surface area contributed by atoms with E-state index in [1.54, 1.807) is 6.92 Å². The Morgan fingerprint density at radius 3 is 2.79 bits per heavy atom. The molecule has 0 radical (unpaired) electrons. The van der Waals surface area contributed by atoms with E-state index in [4.69, 9.17) is 4.74 Å². The maximum atomic E-state index is 11.4. The summed E-state index contributed by atoms with van der Waals surface area (Å²) in [6, 6.07) is 0. The second-order valence-electron chi connectivity index (χ2n) is 2.93. The van der Waals surface area contributed by atoms with E-state index in [9.17, 15) is 4.79 Å². The molecule has 0 spiro atoms. The molecule has 1 aliphatic rings. The predicted molar refractivity (Wildman–Crippen MR) is 56.1 cm³/mol. The minimum Gasteiger partial charge on any atom is -0.423 e. The van der Waals surface area contributed by atoms with Crippen molar-refractivity contribution in [1.82, 2.24) is 0 Å². The highest BCUT2D eigenvalue weighted by molar-refractivity contribution is 7.13. The van der Waals surface area contributed by atoms with Crippen LogP contribution in [0.1, 0.15) is 32.6 Å². The van der Waals surface area contributed by atoms with Crippen LogP contribution in [0.4, 0.5) is 0 Å². The zero-order valence-electron chi connectivity index (χ0n) is 7.93. The molecular weight excluding hydrogens is 196 g/mol. The van der Waals surface area contributed by atoms with Gasteiger partial charge in [0.15, 0.2) is 0 Å². The Bertz CT molecular complexity index is 497. The fraction of sp³-hybridized carbons (Fsp3) is 0.182. The first-order chi connectivity index (χ1) is 6.65. The summed E-state index contributed by atoms with van der Waals surface area (Å²) in [5.41, 5.74) is 1.42. The summed E-state index contributed by atoms with van der Waals surface area (Å²) in [5.74, 6) is 5.81. The van der Waals surface area contributed by atoms with Gasteiger partial charge in [0, 0.05) is 10.4 Å². The third kappa shape index (κ3) is 1.08. The standard InChI is InChI=1S/C11H8O2S/c1-4-5-8-10-9(7(3)14-8)6(2)13-11(10)12/h2H2,1,3H3. The first kappa shape index (κ1) is 9.04. The number of esters is 1. The van der Waals surface area contributed by atoms with Gasteiger partial charge in [0.1, 0.15) is 5.76 Å². The molecule has 0 unspecified atom stereocenters. The molecule has 14 heavy (non-hydrogen) atoms. The van der Waals surface area contributed by atoms with Crippen molar-refractivity contribution in [3.8, 4) is 11.8 Å². The first-order valence-electron chi connectivity index (χ1n) is 4.12. The van der Waals surface area contributed by atoms with Crippen LogP contribution < -0.4 is 0 Å². The number of carbonyl (C=O) groups is 1. The monoisotopic (exact) mass is 204 g/mol. The summed E-state index contributed by atoms with van der Waals surface area (Å²) in [7, 11) is 0. The third-order valence-electron chi connectivity index (χ3n) is 2.02. The van der Waals surface area contributed by atoms with E-state index in [1.807, 2.05) is 6.92 Å². The molecule has 0 saturated carbocycles. The van der Waals surface area contributed by atoms with Crippen LogP contribution in [-0.2, 0) is 4.74 Å². The van der Waals surface area contributed by atoms with Crippen LogP contribution in [0.3, 0.4) is 0 Å². The van der Waals surface area contributed by atoms with E-state index in [0.717, 1.165) is 15.3 Å². The van der Waals surface area contributed by atoms with Crippen molar-refractivity contribution < 1.29 is 9.53 Å². The lowest BCUT2D eigenvalue weighted by atomic mass is 10.1. The minimum atomic E-state index is -0.327. The van der Waals surface area contributed by atoms with E-state index in [2.05, 4.69) is 18.4 Å². The summed E-state index contributed by atoms with van der Waals surface area (Å²) in [5, 5.41) is 0. The van der Waals surface area contributed by atoms with Crippen molar-refractivity contribution in [2.45, 2.75) is 13.8 Å². The van der Waals surface area contributed by atoms with Crippen molar-refractivity contribution in [2.24, 2.45) is 0 Å². The number of aryl methyl sites for hydroxylation is 1. The molecule has 2 heterocycles. The molecule has 70 valence electrons. The van der Waals surface area contributed by atoms with Gasteiger partial charge in [-0.05, 0) is 13.8 Å². The van der Waals surface area contributed by atoms with Gasteiger partial charge in [-0.25, -0.2) is 4.79 Å². The molecule has 0 atom stereocenters. The van der Waals surface area contributed by atoms with Gasteiger partial charge < -0.3 is 4.74 Å². The largest absolute Gasteiger partial charge is 0.423 e. The number of cyclic esters (lactones) is 1. The van der Waals surface area contributed by atoms with E-state index in [-0.39, 0.29) is 5.97 Å². The van der Waals surface area contributed by atoms with Gasteiger partial charge in [0.2, 0.25) is 0 Å². The first-order valence-corrected chi connectivity index (χ1v) is 4.94. The van der Waals surface area contributed by atoms with E-state index >= 15 is 0 Å². The molecule has 0 aliphatic carbocycles. The normalized spacial score (nSPS) is 13.3. The van der Waals surface area contributed by atoms with Crippen LogP contribution in [-0.4, -0.2) is 5.97 Å². The fourth-order valence-electron chi connectivity index (χ4n) is 1.49. The average molecular weight is 204 g/mol. The molecule has 2 nitrogen and oxygen atoms in total. The predicted octanol–water partition coefficient (Wildman–Crippen LogP) is 2.57. The van der Waals surface area contributed by atoms with Crippen molar-refractivity contribution in [3.63, 3.8) is 0 Å². The van der Waals surface area contributed by atoms with Crippen molar-refractivity contribution in [3.05, 3.63) is 27.5 Å². The lowest BCUT2D eigenvalue weighted by Gasteiger charge is -1.93. The summed E-state index contributed by atoms with van der Waals surface area (Å²) < 4.78 is 4.94. The number of hydrogen-bond donors (Lipinski definition) is 0. The summed E-state index contributed by atoms with van der Waals surface area (Å²) in [4.78, 5) is 13.3. The van der Waals surface area contributed by atoms with Crippen LogP contribution >= 0.6 is 11.3 Å². The van der Waals surface area contributed by atoms with Gasteiger partial charge in [-0.1, -0.05) is 12.5 Å². The van der Waals surface area contributed by atoms with Crippen molar-refractivity contribution in [1.29, 1.82) is 0 Å². The van der Waals surface area contributed by atoms with Crippen LogP contribution in [0.2, 0.25) is 0 Å². The highest BCUT2D eigenvalue weighted by atomic mass is 32.1. The zero-order valence-corrected chi connectivity index (χ0v) is 8.75. The Hall–Kier alpha value is -1.53.